The van der Waals surface area contributed by atoms with Crippen molar-refractivity contribution in [1.29, 1.82) is 0 Å². The highest BCUT2D eigenvalue weighted by molar-refractivity contribution is 7.09. The smallest absolute Gasteiger partial charge is 0.0670 e. The van der Waals surface area contributed by atoms with E-state index in [0.717, 1.165) is 37.6 Å². The Morgan fingerprint density at radius 2 is 2.00 bits per heavy atom. The van der Waals surface area contributed by atoms with E-state index in [1.54, 1.807) is 0 Å². The Morgan fingerprint density at radius 1 is 1.26 bits per heavy atom. The van der Waals surface area contributed by atoms with Gasteiger partial charge in [-0.05, 0) is 61.8 Å². The molecular formula is C15H22ClNOS. The Hall–Kier alpha value is -0.0900. The van der Waals surface area contributed by atoms with Gasteiger partial charge in [-0.1, -0.05) is 6.07 Å². The predicted octanol–water partition coefficient (Wildman–Crippen LogP) is 3.34. The largest absolute Gasteiger partial charge is 0.390 e. The third-order valence-corrected chi connectivity index (χ3v) is 6.12. The number of hydrogen-bond donors (Lipinski definition) is 2. The number of halogens is 1. The van der Waals surface area contributed by atoms with Crippen LogP contribution in [0.15, 0.2) is 17.5 Å². The molecule has 0 radical (unpaired) electrons. The van der Waals surface area contributed by atoms with Gasteiger partial charge >= 0.3 is 0 Å². The second kappa shape index (κ2) is 4.73. The third-order valence-electron chi connectivity index (χ3n) is 5.25. The van der Waals surface area contributed by atoms with Crippen LogP contribution in [-0.4, -0.2) is 16.2 Å². The second-order valence-electron chi connectivity index (χ2n) is 6.90. The first-order valence-corrected chi connectivity index (χ1v) is 8.03. The van der Waals surface area contributed by atoms with Crippen molar-refractivity contribution in [1.82, 2.24) is 5.32 Å². The van der Waals surface area contributed by atoms with Gasteiger partial charge in [-0.3, -0.25) is 0 Å². The fourth-order valence-corrected chi connectivity index (χ4v) is 5.75. The molecule has 0 spiro atoms. The minimum Gasteiger partial charge on any atom is -0.390 e. The maximum absolute atomic E-state index is 10.7. The molecule has 0 saturated heterocycles. The molecule has 1 aromatic rings. The summed E-state index contributed by atoms with van der Waals surface area (Å²) in [4.78, 5) is 1.41. The number of aliphatic hydroxyl groups is 1. The average Bonchev–Trinajstić information content (AvgIpc) is 2.75. The molecule has 4 bridgehead atoms. The number of hydrogen-bond acceptors (Lipinski definition) is 3. The maximum Gasteiger partial charge on any atom is 0.0670 e. The van der Waals surface area contributed by atoms with E-state index in [1.807, 2.05) is 11.3 Å². The van der Waals surface area contributed by atoms with Crippen molar-refractivity contribution < 1.29 is 5.11 Å². The quantitative estimate of drug-likeness (QED) is 0.897. The molecule has 1 heterocycles. The lowest BCUT2D eigenvalue weighted by Gasteiger charge is -2.60. The van der Waals surface area contributed by atoms with Gasteiger partial charge in [0.2, 0.25) is 0 Å². The van der Waals surface area contributed by atoms with Crippen LogP contribution in [0.3, 0.4) is 0 Å². The van der Waals surface area contributed by atoms with E-state index in [1.165, 1.54) is 24.1 Å². The Bertz CT molecular complexity index is 433. The monoisotopic (exact) mass is 299 g/mol. The lowest BCUT2D eigenvalue weighted by Crippen LogP contribution is -2.64. The molecule has 106 valence electrons. The van der Waals surface area contributed by atoms with E-state index in [2.05, 4.69) is 22.8 Å². The highest BCUT2D eigenvalue weighted by Crippen LogP contribution is 2.57. The van der Waals surface area contributed by atoms with Gasteiger partial charge < -0.3 is 10.4 Å². The highest BCUT2D eigenvalue weighted by Gasteiger charge is 2.56. The first-order valence-electron chi connectivity index (χ1n) is 7.15. The molecule has 19 heavy (non-hydrogen) atoms. The molecular weight excluding hydrogens is 278 g/mol. The van der Waals surface area contributed by atoms with Crippen molar-refractivity contribution in [3.63, 3.8) is 0 Å². The fraction of sp³-hybridized carbons (Fsp3) is 0.733. The molecule has 0 aromatic carbocycles. The van der Waals surface area contributed by atoms with Gasteiger partial charge in [0.25, 0.3) is 0 Å². The Kier molecular flexibility index (Phi) is 3.45. The summed E-state index contributed by atoms with van der Waals surface area (Å²) in [5.74, 6) is 1.54. The number of rotatable bonds is 3. The first-order chi connectivity index (χ1) is 8.65. The fourth-order valence-electron chi connectivity index (χ4n) is 5.11. The molecule has 2 nitrogen and oxygen atoms in total. The minimum absolute atomic E-state index is 0. The molecule has 5 rings (SSSR count). The van der Waals surface area contributed by atoms with Crippen molar-refractivity contribution in [3.8, 4) is 0 Å². The standard InChI is InChI=1S/C15H21NOS.ClH/c17-15-7-11-4-12(8-15)6-14(5-11,10-15)16-9-13-2-1-3-18-13;/h1-3,11-12,16-17H,4-10H2;1H. The number of nitrogens with one attached hydrogen (secondary N) is 1. The zero-order valence-electron chi connectivity index (χ0n) is 11.1. The summed E-state index contributed by atoms with van der Waals surface area (Å²) in [6, 6.07) is 4.32. The normalized spacial score (nSPS) is 43.2. The molecule has 1 aromatic heterocycles. The Morgan fingerprint density at radius 3 is 2.58 bits per heavy atom. The molecule has 4 fully saturated rings. The van der Waals surface area contributed by atoms with Crippen molar-refractivity contribution in [2.24, 2.45) is 11.8 Å². The first kappa shape index (κ1) is 13.9. The topological polar surface area (TPSA) is 32.3 Å². The Balaban J connectivity index is 0.00000110. The highest BCUT2D eigenvalue weighted by atomic mass is 35.5. The molecule has 0 aliphatic heterocycles. The van der Waals surface area contributed by atoms with Gasteiger partial charge in [0.15, 0.2) is 0 Å². The summed E-state index contributed by atoms with van der Waals surface area (Å²) in [6.45, 7) is 0.979. The molecule has 2 atom stereocenters. The van der Waals surface area contributed by atoms with Crippen LogP contribution in [0.2, 0.25) is 0 Å². The van der Waals surface area contributed by atoms with Gasteiger partial charge in [0, 0.05) is 17.0 Å². The minimum atomic E-state index is -0.341. The van der Waals surface area contributed by atoms with Gasteiger partial charge in [-0.15, -0.1) is 23.7 Å². The van der Waals surface area contributed by atoms with Crippen LogP contribution < -0.4 is 5.32 Å². The summed E-state index contributed by atoms with van der Waals surface area (Å²) in [5, 5.41) is 16.6. The molecule has 2 N–H and O–H groups in total. The van der Waals surface area contributed by atoms with Crippen molar-refractivity contribution in [3.05, 3.63) is 22.4 Å². The molecule has 4 saturated carbocycles. The van der Waals surface area contributed by atoms with E-state index in [9.17, 15) is 5.11 Å². The van der Waals surface area contributed by atoms with Crippen molar-refractivity contribution in [2.75, 3.05) is 0 Å². The molecule has 4 heteroatoms. The Labute approximate surface area is 125 Å². The average molecular weight is 300 g/mol. The third kappa shape index (κ3) is 2.46. The van der Waals surface area contributed by atoms with Crippen LogP contribution in [0, 0.1) is 11.8 Å². The lowest BCUT2D eigenvalue weighted by atomic mass is 9.51. The van der Waals surface area contributed by atoms with Crippen LogP contribution >= 0.6 is 23.7 Å². The second-order valence-corrected chi connectivity index (χ2v) is 7.93. The van der Waals surface area contributed by atoms with E-state index in [0.29, 0.717) is 0 Å². The van der Waals surface area contributed by atoms with E-state index < -0.39 is 0 Å². The molecule has 0 amide bonds. The summed E-state index contributed by atoms with van der Waals surface area (Å²) >= 11 is 1.83. The van der Waals surface area contributed by atoms with Gasteiger partial charge in [0.1, 0.15) is 0 Å². The summed E-state index contributed by atoms with van der Waals surface area (Å²) in [7, 11) is 0. The molecule has 2 unspecified atom stereocenters. The maximum atomic E-state index is 10.7. The zero-order chi connectivity index (χ0) is 12.2. The van der Waals surface area contributed by atoms with Crippen LogP contribution in [-0.2, 0) is 6.54 Å². The van der Waals surface area contributed by atoms with Crippen molar-refractivity contribution in [2.45, 2.75) is 56.2 Å². The SMILES string of the molecule is Cl.OC12CC3CC(C1)CC(NCc1cccs1)(C3)C2. The molecule has 4 aliphatic carbocycles. The number of thiophene rings is 1. The van der Waals surface area contributed by atoms with Gasteiger partial charge in [0.05, 0.1) is 5.60 Å². The predicted molar refractivity (Wildman–Crippen MR) is 80.8 cm³/mol. The zero-order valence-corrected chi connectivity index (χ0v) is 12.7. The molecule has 4 aliphatic rings. The van der Waals surface area contributed by atoms with Crippen LogP contribution in [0.4, 0.5) is 0 Å². The van der Waals surface area contributed by atoms with Crippen LogP contribution in [0.1, 0.15) is 43.4 Å². The lowest BCUT2D eigenvalue weighted by molar-refractivity contribution is -0.142. The van der Waals surface area contributed by atoms with E-state index in [4.69, 9.17) is 0 Å². The van der Waals surface area contributed by atoms with E-state index >= 15 is 0 Å². The van der Waals surface area contributed by atoms with E-state index in [-0.39, 0.29) is 23.5 Å². The summed E-state index contributed by atoms with van der Waals surface area (Å²) in [6.07, 6.45) is 7.05. The van der Waals surface area contributed by atoms with Gasteiger partial charge in [-0.25, -0.2) is 0 Å². The van der Waals surface area contributed by atoms with Crippen LogP contribution in [0.25, 0.3) is 0 Å². The van der Waals surface area contributed by atoms with Crippen LogP contribution in [0.5, 0.6) is 0 Å². The summed E-state index contributed by atoms with van der Waals surface area (Å²) < 4.78 is 0. The van der Waals surface area contributed by atoms with Crippen molar-refractivity contribution >= 4 is 23.7 Å². The van der Waals surface area contributed by atoms with Gasteiger partial charge in [-0.2, -0.15) is 0 Å². The summed E-state index contributed by atoms with van der Waals surface area (Å²) in [5.41, 5.74) is -0.102.